The van der Waals surface area contributed by atoms with E-state index in [-0.39, 0.29) is 0 Å². The normalized spacial score (nSPS) is 11.8. The van der Waals surface area contributed by atoms with E-state index in [9.17, 15) is 0 Å². The Kier molecular flexibility index (Phi) is 7.30. The van der Waals surface area contributed by atoms with Gasteiger partial charge in [0.1, 0.15) is 22.3 Å². The molecule has 4 aromatic heterocycles. The average Bonchev–Trinajstić information content (AvgIpc) is 3.97. The molecule has 0 atom stereocenters. The van der Waals surface area contributed by atoms with E-state index in [4.69, 9.17) is 23.8 Å². The molecule has 0 aliphatic carbocycles. The number of benzene rings is 8. The van der Waals surface area contributed by atoms with Crippen LogP contribution in [0.5, 0.6) is 0 Å². The van der Waals surface area contributed by atoms with Gasteiger partial charge in [0.25, 0.3) is 0 Å². The van der Waals surface area contributed by atoms with Crippen molar-refractivity contribution in [2.24, 2.45) is 0 Å². The van der Waals surface area contributed by atoms with Crippen LogP contribution in [0.25, 0.3) is 98.2 Å². The molecule has 0 aliphatic heterocycles. The van der Waals surface area contributed by atoms with Crippen LogP contribution in [0.3, 0.4) is 0 Å². The van der Waals surface area contributed by atoms with Crippen LogP contribution in [-0.2, 0) is 0 Å². The summed E-state index contributed by atoms with van der Waals surface area (Å²) in [7, 11) is 0. The lowest BCUT2D eigenvalue weighted by Gasteiger charge is -2.26. The summed E-state index contributed by atoms with van der Waals surface area (Å²) >= 11 is 1.82. The van der Waals surface area contributed by atoms with Crippen LogP contribution in [0.2, 0.25) is 0 Å². The maximum absolute atomic E-state index is 6.71. The second-order valence-corrected chi connectivity index (χ2v) is 15.5. The summed E-state index contributed by atoms with van der Waals surface area (Å²) in [6, 6.07) is 62.7. The van der Waals surface area contributed by atoms with Crippen LogP contribution >= 0.6 is 11.3 Å². The number of nitrogens with zero attached hydrogens (tertiary/aromatic N) is 4. The molecule has 0 N–H and O–H groups in total. The second kappa shape index (κ2) is 13.0. The Hall–Kier alpha value is -7.61. The van der Waals surface area contributed by atoms with Crippen LogP contribution in [0.1, 0.15) is 0 Å². The summed E-state index contributed by atoms with van der Waals surface area (Å²) in [4.78, 5) is 17.2. The number of fused-ring (bicyclic) bond motifs is 9. The third kappa shape index (κ3) is 5.29. The molecule has 12 rings (SSSR count). The minimum atomic E-state index is 0.577. The van der Waals surface area contributed by atoms with Gasteiger partial charge in [-0.1, -0.05) is 115 Å². The predicted octanol–water partition coefficient (Wildman–Crippen LogP) is 14.5. The van der Waals surface area contributed by atoms with Gasteiger partial charge in [0.15, 0.2) is 17.5 Å². The van der Waals surface area contributed by atoms with Crippen LogP contribution in [0.15, 0.2) is 191 Å². The maximum atomic E-state index is 6.71. The Balaban J connectivity index is 1.05. The lowest BCUT2D eigenvalue weighted by Crippen LogP contribution is -2.10. The molecule has 7 heteroatoms. The topological polar surface area (TPSA) is 68.2 Å². The van der Waals surface area contributed by atoms with Crippen molar-refractivity contribution in [3.8, 4) is 34.2 Å². The highest BCUT2D eigenvalue weighted by Gasteiger charge is 2.22. The summed E-state index contributed by atoms with van der Waals surface area (Å²) in [5.74, 6) is 1.81. The molecule has 58 heavy (non-hydrogen) atoms. The molecule has 8 aromatic carbocycles. The van der Waals surface area contributed by atoms with E-state index < -0.39 is 0 Å². The number of hydrogen-bond acceptors (Lipinski definition) is 7. The third-order valence-corrected chi connectivity index (χ3v) is 12.0. The van der Waals surface area contributed by atoms with Gasteiger partial charge >= 0.3 is 0 Å². The fourth-order valence-electron chi connectivity index (χ4n) is 8.20. The van der Waals surface area contributed by atoms with Crippen molar-refractivity contribution < 1.29 is 8.83 Å². The van der Waals surface area contributed by atoms with Gasteiger partial charge in [-0.3, -0.25) is 0 Å². The molecule has 0 bridgehead atoms. The third-order valence-electron chi connectivity index (χ3n) is 10.9. The van der Waals surface area contributed by atoms with Gasteiger partial charge in [-0.05, 0) is 60.7 Å². The Labute approximate surface area is 335 Å². The fraction of sp³-hybridized carbons (Fsp3) is 0. The number of thiophene rings is 1. The monoisotopic (exact) mass is 762 g/mol. The van der Waals surface area contributed by atoms with Crippen LogP contribution in [0.4, 0.5) is 17.1 Å². The van der Waals surface area contributed by atoms with E-state index in [1.165, 1.54) is 20.2 Å². The van der Waals surface area contributed by atoms with Gasteiger partial charge < -0.3 is 13.7 Å². The van der Waals surface area contributed by atoms with Gasteiger partial charge in [0, 0.05) is 70.5 Å². The number of hydrogen-bond donors (Lipinski definition) is 0. The second-order valence-electron chi connectivity index (χ2n) is 14.4. The lowest BCUT2D eigenvalue weighted by atomic mass is 10.0. The highest BCUT2D eigenvalue weighted by molar-refractivity contribution is 7.25. The molecule has 0 amide bonds. The summed E-state index contributed by atoms with van der Waals surface area (Å²) in [6.07, 6.45) is 0. The number of para-hydroxylation sites is 1. The predicted molar refractivity (Wildman–Crippen MR) is 238 cm³/mol. The van der Waals surface area contributed by atoms with Crippen molar-refractivity contribution in [1.29, 1.82) is 0 Å². The average molecular weight is 763 g/mol. The standard InChI is InChI=1S/C51H30N4O2S/c1-3-12-31(13-4-1)49-52-50(32-14-5-2-6-15-32)54-51(53-49)33-22-25-40-44(28-33)57-43-20-11-18-41(48(40)43)55(34-23-26-37-36-16-7-9-19-42(36)56-45(37)29-34)35-24-27-39-38-17-8-10-21-46(38)58-47(39)30-35/h1-30H. The van der Waals surface area contributed by atoms with E-state index in [0.29, 0.717) is 17.5 Å². The SMILES string of the molecule is c1ccc(-c2nc(-c3ccccc3)nc(-c3ccc4c(c3)oc3cccc(N(c5ccc6c(c5)oc5ccccc56)c5ccc6c(c5)sc5ccccc56)c34)n2)cc1. The zero-order valence-corrected chi connectivity index (χ0v) is 31.7. The number of anilines is 3. The summed E-state index contributed by atoms with van der Waals surface area (Å²) < 4.78 is 15.6. The van der Waals surface area contributed by atoms with Gasteiger partial charge in [0.2, 0.25) is 0 Å². The van der Waals surface area contributed by atoms with E-state index in [0.717, 1.165) is 77.6 Å². The summed E-state index contributed by atoms with van der Waals surface area (Å²) in [5.41, 5.74) is 8.95. The van der Waals surface area contributed by atoms with Gasteiger partial charge in [-0.15, -0.1) is 11.3 Å². The first-order valence-corrected chi connectivity index (χ1v) is 20.0. The Morgan fingerprint density at radius 1 is 0.362 bits per heavy atom. The van der Waals surface area contributed by atoms with Crippen molar-refractivity contribution in [3.05, 3.63) is 182 Å². The number of furan rings is 2. The van der Waals surface area contributed by atoms with Gasteiger partial charge in [-0.2, -0.15) is 0 Å². The minimum Gasteiger partial charge on any atom is -0.456 e. The fourth-order valence-corrected chi connectivity index (χ4v) is 9.34. The first-order chi connectivity index (χ1) is 28.7. The molecule has 6 nitrogen and oxygen atoms in total. The van der Waals surface area contributed by atoms with E-state index >= 15 is 0 Å². The first-order valence-electron chi connectivity index (χ1n) is 19.2. The number of rotatable bonds is 6. The van der Waals surface area contributed by atoms with E-state index in [1.807, 2.05) is 96.3 Å². The van der Waals surface area contributed by atoms with Crippen molar-refractivity contribution in [1.82, 2.24) is 15.0 Å². The van der Waals surface area contributed by atoms with Crippen LogP contribution < -0.4 is 4.90 Å². The molecule has 272 valence electrons. The van der Waals surface area contributed by atoms with E-state index in [1.54, 1.807) is 0 Å². The molecule has 0 saturated heterocycles. The van der Waals surface area contributed by atoms with Crippen molar-refractivity contribution in [2.45, 2.75) is 0 Å². The molecule has 0 aliphatic rings. The highest BCUT2D eigenvalue weighted by atomic mass is 32.1. The molecule has 12 aromatic rings. The molecule has 0 fully saturated rings. The maximum Gasteiger partial charge on any atom is 0.164 e. The smallest absolute Gasteiger partial charge is 0.164 e. The Bertz CT molecular complexity index is 3360. The van der Waals surface area contributed by atoms with E-state index in [2.05, 4.69) is 102 Å². The molecule has 0 unspecified atom stereocenters. The molecular formula is C51H30N4O2S. The summed E-state index contributed by atoms with van der Waals surface area (Å²) in [5, 5.41) is 6.71. The zero-order chi connectivity index (χ0) is 38.2. The van der Waals surface area contributed by atoms with Crippen molar-refractivity contribution in [3.63, 3.8) is 0 Å². The quantitative estimate of drug-likeness (QED) is 0.168. The Morgan fingerprint density at radius 3 is 1.69 bits per heavy atom. The molecule has 4 heterocycles. The van der Waals surface area contributed by atoms with Gasteiger partial charge in [-0.25, -0.2) is 15.0 Å². The molecule has 0 spiro atoms. The summed E-state index contributed by atoms with van der Waals surface area (Å²) in [6.45, 7) is 0. The molecule has 0 radical (unpaired) electrons. The van der Waals surface area contributed by atoms with Crippen molar-refractivity contribution in [2.75, 3.05) is 4.90 Å². The zero-order valence-electron chi connectivity index (χ0n) is 30.8. The van der Waals surface area contributed by atoms with Crippen molar-refractivity contribution >= 4 is 92.4 Å². The molecule has 0 saturated carbocycles. The lowest BCUT2D eigenvalue weighted by molar-refractivity contribution is 0.669. The first kappa shape index (κ1) is 32.6. The minimum absolute atomic E-state index is 0.577. The number of aromatic nitrogens is 3. The van der Waals surface area contributed by atoms with Crippen LogP contribution in [0, 0.1) is 0 Å². The largest absolute Gasteiger partial charge is 0.456 e. The highest BCUT2D eigenvalue weighted by Crippen LogP contribution is 2.46. The molecular weight excluding hydrogens is 733 g/mol. The Morgan fingerprint density at radius 2 is 0.914 bits per heavy atom. The van der Waals surface area contributed by atoms with Crippen LogP contribution in [-0.4, -0.2) is 15.0 Å². The van der Waals surface area contributed by atoms with Gasteiger partial charge in [0.05, 0.1) is 11.1 Å².